The molecule has 150 valence electrons. The van der Waals surface area contributed by atoms with Gasteiger partial charge in [0.25, 0.3) is 5.69 Å². The summed E-state index contributed by atoms with van der Waals surface area (Å²) in [6, 6.07) is 21.2. The van der Waals surface area contributed by atoms with Crippen LogP contribution in [0.25, 0.3) is 0 Å². The minimum atomic E-state index is -0.471. The van der Waals surface area contributed by atoms with E-state index < -0.39 is 4.92 Å². The number of non-ortho nitro benzene ring substituents is 1. The van der Waals surface area contributed by atoms with E-state index >= 15 is 0 Å². The summed E-state index contributed by atoms with van der Waals surface area (Å²) < 4.78 is 0. The van der Waals surface area contributed by atoms with Gasteiger partial charge in [-0.2, -0.15) is 5.26 Å². The summed E-state index contributed by atoms with van der Waals surface area (Å²) in [6.45, 7) is 3.09. The minimum absolute atomic E-state index is 0.0595. The molecule has 1 saturated heterocycles. The lowest BCUT2D eigenvalue weighted by Gasteiger charge is -2.40. The van der Waals surface area contributed by atoms with Crippen molar-refractivity contribution in [3.8, 4) is 6.07 Å². The van der Waals surface area contributed by atoms with Crippen molar-refractivity contribution in [3.05, 3.63) is 99.9 Å². The summed E-state index contributed by atoms with van der Waals surface area (Å²) in [5, 5.41) is 20.5. The maximum absolute atomic E-state index is 11.0. The quantitative estimate of drug-likeness (QED) is 0.479. The molecule has 2 heterocycles. The van der Waals surface area contributed by atoms with Crippen molar-refractivity contribution >= 4 is 11.4 Å². The molecule has 1 fully saturated rings. The van der Waals surface area contributed by atoms with E-state index in [9.17, 15) is 15.4 Å². The Bertz CT molecular complexity index is 1020. The van der Waals surface area contributed by atoms with Gasteiger partial charge in [-0.25, -0.2) is 0 Å². The first-order chi connectivity index (χ1) is 14.7. The topological polar surface area (TPSA) is 86.3 Å². The van der Waals surface area contributed by atoms with E-state index in [2.05, 4.69) is 45.1 Å². The van der Waals surface area contributed by atoms with Crippen LogP contribution in [0.3, 0.4) is 0 Å². The molecule has 4 rings (SSSR count). The highest BCUT2D eigenvalue weighted by Gasteiger charge is 2.27. The van der Waals surface area contributed by atoms with Gasteiger partial charge in [-0.1, -0.05) is 30.3 Å². The fraction of sp³-hybridized carbons (Fsp3) is 0.217. The molecular formula is C23H21N5O2. The Hall–Kier alpha value is -3.76. The Morgan fingerprint density at radius 3 is 2.27 bits per heavy atom. The average Bonchev–Trinajstić information content (AvgIpc) is 2.81. The molecule has 1 aliphatic heterocycles. The molecule has 1 atom stereocenters. The van der Waals surface area contributed by atoms with E-state index in [1.165, 1.54) is 23.3 Å². The number of aromatic nitrogens is 1. The van der Waals surface area contributed by atoms with Crippen LogP contribution < -0.4 is 4.90 Å². The van der Waals surface area contributed by atoms with Gasteiger partial charge in [-0.05, 0) is 29.3 Å². The fourth-order valence-electron chi connectivity index (χ4n) is 4.02. The van der Waals surface area contributed by atoms with Crippen LogP contribution in [-0.4, -0.2) is 41.0 Å². The van der Waals surface area contributed by atoms with Gasteiger partial charge in [0.15, 0.2) is 0 Å². The third-order valence-electron chi connectivity index (χ3n) is 5.47. The van der Waals surface area contributed by atoms with Crippen LogP contribution in [0, 0.1) is 21.4 Å². The summed E-state index contributed by atoms with van der Waals surface area (Å²) in [5.74, 6) is 0. The largest absolute Gasteiger partial charge is 0.368 e. The maximum Gasteiger partial charge on any atom is 0.270 e. The van der Waals surface area contributed by atoms with Crippen molar-refractivity contribution in [1.29, 1.82) is 5.26 Å². The molecule has 2 aromatic carbocycles. The molecule has 1 unspecified atom stereocenters. The molecule has 1 aromatic heterocycles. The van der Waals surface area contributed by atoms with E-state index in [0.29, 0.717) is 5.56 Å². The molecule has 30 heavy (non-hydrogen) atoms. The highest BCUT2D eigenvalue weighted by molar-refractivity contribution is 5.63. The van der Waals surface area contributed by atoms with Crippen LogP contribution in [-0.2, 0) is 0 Å². The normalized spacial score (nSPS) is 15.4. The number of rotatable bonds is 5. The lowest BCUT2D eigenvalue weighted by Crippen LogP contribution is -2.48. The second-order valence-corrected chi connectivity index (χ2v) is 7.19. The first kappa shape index (κ1) is 19.6. The van der Waals surface area contributed by atoms with Crippen molar-refractivity contribution in [2.45, 2.75) is 6.04 Å². The first-order valence-corrected chi connectivity index (χ1v) is 9.80. The number of pyridine rings is 1. The van der Waals surface area contributed by atoms with Gasteiger partial charge in [0.1, 0.15) is 6.07 Å². The van der Waals surface area contributed by atoms with Crippen LogP contribution >= 0.6 is 0 Å². The highest BCUT2D eigenvalue weighted by Crippen LogP contribution is 2.31. The standard InChI is InChI=1S/C23H21N5O2/c24-17-20-16-21(28(29)30)6-7-22(20)26-12-14-27(15-13-26)23(18-4-2-1-3-5-18)19-8-10-25-11-9-19/h1-11,16,23H,12-15H2. The summed E-state index contributed by atoms with van der Waals surface area (Å²) in [6.07, 6.45) is 3.63. The number of benzene rings is 2. The summed E-state index contributed by atoms with van der Waals surface area (Å²) in [5.41, 5.74) is 3.45. The van der Waals surface area contributed by atoms with Crippen molar-refractivity contribution in [2.75, 3.05) is 31.1 Å². The van der Waals surface area contributed by atoms with E-state index in [4.69, 9.17) is 0 Å². The molecule has 0 aliphatic carbocycles. The zero-order chi connectivity index (χ0) is 20.9. The van der Waals surface area contributed by atoms with Crippen molar-refractivity contribution < 1.29 is 4.92 Å². The SMILES string of the molecule is N#Cc1cc([N+](=O)[O-])ccc1N1CCN(C(c2ccccc2)c2ccncc2)CC1. The highest BCUT2D eigenvalue weighted by atomic mass is 16.6. The molecule has 3 aromatic rings. The number of nitro benzene ring substituents is 1. The van der Waals surface area contributed by atoms with Gasteiger partial charge in [-0.15, -0.1) is 0 Å². The van der Waals surface area contributed by atoms with Crippen molar-refractivity contribution in [2.24, 2.45) is 0 Å². The third-order valence-corrected chi connectivity index (χ3v) is 5.47. The maximum atomic E-state index is 11.0. The minimum Gasteiger partial charge on any atom is -0.368 e. The lowest BCUT2D eigenvalue weighted by molar-refractivity contribution is -0.384. The first-order valence-electron chi connectivity index (χ1n) is 9.80. The Kier molecular flexibility index (Phi) is 5.68. The summed E-state index contributed by atoms with van der Waals surface area (Å²) in [4.78, 5) is 19.3. The molecular weight excluding hydrogens is 378 g/mol. The van der Waals surface area contributed by atoms with Crippen molar-refractivity contribution in [1.82, 2.24) is 9.88 Å². The molecule has 0 bridgehead atoms. The number of nitro groups is 1. The number of piperazine rings is 1. The lowest BCUT2D eigenvalue weighted by atomic mass is 9.97. The van der Waals surface area contributed by atoms with Gasteiger partial charge >= 0.3 is 0 Å². The Morgan fingerprint density at radius 2 is 1.63 bits per heavy atom. The summed E-state index contributed by atoms with van der Waals surface area (Å²) >= 11 is 0. The zero-order valence-electron chi connectivity index (χ0n) is 16.4. The van der Waals surface area contributed by atoms with Gasteiger partial charge in [0.05, 0.1) is 22.2 Å². The fourth-order valence-corrected chi connectivity index (χ4v) is 4.02. The molecule has 7 heteroatoms. The molecule has 1 aliphatic rings. The van der Waals surface area contributed by atoms with Gasteiger partial charge < -0.3 is 4.90 Å². The Balaban J connectivity index is 1.56. The predicted octanol–water partition coefficient (Wildman–Crippen LogP) is 3.77. The predicted molar refractivity (Wildman–Crippen MR) is 114 cm³/mol. The van der Waals surface area contributed by atoms with Crippen LogP contribution in [0.4, 0.5) is 11.4 Å². The number of nitriles is 1. The van der Waals surface area contributed by atoms with Crippen LogP contribution in [0.2, 0.25) is 0 Å². The Labute approximate surface area is 175 Å². The molecule has 0 radical (unpaired) electrons. The number of anilines is 1. The van der Waals surface area contributed by atoms with Crippen LogP contribution in [0.1, 0.15) is 22.7 Å². The number of nitrogens with zero attached hydrogens (tertiary/aromatic N) is 5. The third kappa shape index (κ3) is 4.00. The van der Waals surface area contributed by atoms with E-state index in [0.717, 1.165) is 31.9 Å². The van der Waals surface area contributed by atoms with Gasteiger partial charge in [0.2, 0.25) is 0 Å². The number of hydrogen-bond donors (Lipinski definition) is 0. The molecule has 0 spiro atoms. The zero-order valence-corrected chi connectivity index (χ0v) is 16.4. The van der Waals surface area contributed by atoms with E-state index in [1.807, 2.05) is 30.6 Å². The van der Waals surface area contributed by atoms with Crippen LogP contribution in [0.15, 0.2) is 73.1 Å². The molecule has 7 nitrogen and oxygen atoms in total. The summed E-state index contributed by atoms with van der Waals surface area (Å²) in [7, 11) is 0. The average molecular weight is 399 g/mol. The Morgan fingerprint density at radius 1 is 0.967 bits per heavy atom. The molecule has 0 N–H and O–H groups in total. The second-order valence-electron chi connectivity index (χ2n) is 7.19. The molecule has 0 amide bonds. The van der Waals surface area contributed by atoms with Crippen LogP contribution in [0.5, 0.6) is 0 Å². The molecule has 0 saturated carbocycles. The number of hydrogen-bond acceptors (Lipinski definition) is 6. The van der Waals surface area contributed by atoms with Gasteiger partial charge in [0, 0.05) is 50.7 Å². The van der Waals surface area contributed by atoms with Crippen molar-refractivity contribution in [3.63, 3.8) is 0 Å². The monoisotopic (exact) mass is 399 g/mol. The van der Waals surface area contributed by atoms with E-state index in [-0.39, 0.29) is 11.7 Å². The van der Waals surface area contributed by atoms with Gasteiger partial charge in [-0.3, -0.25) is 20.0 Å². The second kappa shape index (κ2) is 8.72. The smallest absolute Gasteiger partial charge is 0.270 e. The van der Waals surface area contributed by atoms with E-state index in [1.54, 1.807) is 6.07 Å².